The van der Waals surface area contributed by atoms with Crippen molar-refractivity contribution in [1.29, 1.82) is 0 Å². The fourth-order valence-corrected chi connectivity index (χ4v) is 1.75. The van der Waals surface area contributed by atoms with Crippen LogP contribution < -0.4 is 4.74 Å². The molecule has 0 radical (unpaired) electrons. The molecule has 0 amide bonds. The molecule has 1 aromatic rings. The number of hydrogen-bond donors (Lipinski definition) is 0. The summed E-state index contributed by atoms with van der Waals surface area (Å²) in [7, 11) is 1.61. The van der Waals surface area contributed by atoms with E-state index in [1.807, 2.05) is 13.0 Å². The summed E-state index contributed by atoms with van der Waals surface area (Å²) in [6.07, 6.45) is 0. The van der Waals surface area contributed by atoms with Gasteiger partial charge in [-0.25, -0.2) is 4.39 Å². The highest BCUT2D eigenvalue weighted by Gasteiger charge is 2.41. The average molecular weight is 226 g/mol. The van der Waals surface area contributed by atoms with E-state index in [-0.39, 0.29) is 11.6 Å². The fraction of sp³-hybridized carbons (Fsp3) is 0.500. The number of ether oxygens (including phenoxy) is 3. The van der Waals surface area contributed by atoms with Crippen molar-refractivity contribution in [2.24, 2.45) is 0 Å². The molecule has 88 valence electrons. The molecule has 0 atom stereocenters. The van der Waals surface area contributed by atoms with Gasteiger partial charge in [0.25, 0.3) is 0 Å². The second-order valence-corrected chi connectivity index (χ2v) is 3.77. The van der Waals surface area contributed by atoms with Gasteiger partial charge >= 0.3 is 0 Å². The normalized spacial score (nSPS) is 17.9. The minimum atomic E-state index is -0.481. The summed E-state index contributed by atoms with van der Waals surface area (Å²) in [4.78, 5) is 0. The Morgan fingerprint density at radius 2 is 2.19 bits per heavy atom. The standard InChI is InChI=1S/C12H15FO3/c1-3-16-11-5-4-9(6-10(11)13)12(14-2)7-15-8-12/h4-6H,3,7-8H2,1-2H3. The van der Waals surface area contributed by atoms with Crippen molar-refractivity contribution in [2.45, 2.75) is 12.5 Å². The lowest BCUT2D eigenvalue weighted by Gasteiger charge is -2.40. The Balaban J connectivity index is 2.26. The minimum Gasteiger partial charge on any atom is -0.491 e. The number of hydrogen-bond acceptors (Lipinski definition) is 3. The zero-order chi connectivity index (χ0) is 11.6. The third-order valence-corrected chi connectivity index (χ3v) is 2.82. The zero-order valence-corrected chi connectivity index (χ0v) is 9.46. The Kier molecular flexibility index (Phi) is 3.12. The molecule has 3 nitrogen and oxygen atoms in total. The van der Waals surface area contributed by atoms with Crippen molar-refractivity contribution in [3.8, 4) is 5.75 Å². The van der Waals surface area contributed by atoms with Crippen molar-refractivity contribution in [3.63, 3.8) is 0 Å². The summed E-state index contributed by atoms with van der Waals surface area (Å²) >= 11 is 0. The molecule has 0 spiro atoms. The van der Waals surface area contributed by atoms with Crippen LogP contribution in [0.25, 0.3) is 0 Å². The largest absolute Gasteiger partial charge is 0.491 e. The molecule has 1 aliphatic heterocycles. The van der Waals surface area contributed by atoms with E-state index in [2.05, 4.69) is 0 Å². The van der Waals surface area contributed by atoms with Crippen molar-refractivity contribution in [1.82, 2.24) is 0 Å². The first-order valence-corrected chi connectivity index (χ1v) is 5.27. The van der Waals surface area contributed by atoms with Gasteiger partial charge in [-0.15, -0.1) is 0 Å². The highest BCUT2D eigenvalue weighted by atomic mass is 19.1. The Morgan fingerprint density at radius 3 is 2.62 bits per heavy atom. The van der Waals surface area contributed by atoms with E-state index in [9.17, 15) is 4.39 Å². The van der Waals surface area contributed by atoms with Gasteiger partial charge in [-0.05, 0) is 24.6 Å². The molecule has 0 aliphatic carbocycles. The SMILES string of the molecule is CCOc1ccc(C2(OC)COC2)cc1F. The molecule has 0 aromatic heterocycles. The molecule has 0 saturated carbocycles. The van der Waals surface area contributed by atoms with E-state index in [1.54, 1.807) is 13.2 Å². The van der Waals surface area contributed by atoms with Gasteiger partial charge in [-0.3, -0.25) is 0 Å². The lowest BCUT2D eigenvalue weighted by molar-refractivity contribution is -0.202. The van der Waals surface area contributed by atoms with E-state index in [0.29, 0.717) is 19.8 Å². The fourth-order valence-electron chi connectivity index (χ4n) is 1.75. The first kappa shape index (κ1) is 11.4. The van der Waals surface area contributed by atoms with Crippen molar-refractivity contribution < 1.29 is 18.6 Å². The third-order valence-electron chi connectivity index (χ3n) is 2.82. The smallest absolute Gasteiger partial charge is 0.165 e. The monoisotopic (exact) mass is 226 g/mol. The second kappa shape index (κ2) is 4.39. The summed E-state index contributed by atoms with van der Waals surface area (Å²) in [5.41, 5.74) is 0.313. The molecule has 16 heavy (non-hydrogen) atoms. The van der Waals surface area contributed by atoms with Gasteiger partial charge < -0.3 is 14.2 Å². The van der Waals surface area contributed by atoms with Crippen LogP contribution in [0.1, 0.15) is 12.5 Å². The molecule has 0 bridgehead atoms. The van der Waals surface area contributed by atoms with Crippen LogP contribution in [0.2, 0.25) is 0 Å². The first-order chi connectivity index (χ1) is 7.72. The lowest BCUT2D eigenvalue weighted by atomic mass is 9.91. The summed E-state index contributed by atoms with van der Waals surface area (Å²) in [5.74, 6) is -0.0829. The van der Waals surface area contributed by atoms with Crippen LogP contribution in [0.3, 0.4) is 0 Å². The number of halogens is 1. The Labute approximate surface area is 94.1 Å². The van der Waals surface area contributed by atoms with Gasteiger partial charge in [-0.1, -0.05) is 6.07 Å². The zero-order valence-electron chi connectivity index (χ0n) is 9.46. The van der Waals surface area contributed by atoms with Crippen molar-refractivity contribution in [3.05, 3.63) is 29.6 Å². The summed E-state index contributed by atoms with van der Waals surface area (Å²) in [6, 6.07) is 4.91. The van der Waals surface area contributed by atoms with E-state index in [0.717, 1.165) is 5.56 Å². The molecule has 1 heterocycles. The van der Waals surface area contributed by atoms with Gasteiger partial charge in [0.15, 0.2) is 11.6 Å². The number of benzene rings is 1. The minimum absolute atomic E-state index is 0.276. The van der Waals surface area contributed by atoms with Crippen LogP contribution in [0.5, 0.6) is 5.75 Å². The third kappa shape index (κ3) is 1.79. The topological polar surface area (TPSA) is 27.7 Å². The van der Waals surface area contributed by atoms with Crippen LogP contribution in [0.15, 0.2) is 18.2 Å². The van der Waals surface area contributed by atoms with Crippen LogP contribution >= 0.6 is 0 Å². The van der Waals surface area contributed by atoms with Crippen LogP contribution in [-0.2, 0) is 15.1 Å². The molecular formula is C12H15FO3. The molecule has 0 unspecified atom stereocenters. The Bertz CT molecular complexity index is 369. The summed E-state index contributed by atoms with van der Waals surface area (Å²) in [5, 5.41) is 0. The number of rotatable bonds is 4. The predicted octanol–water partition coefficient (Wildman–Crippen LogP) is 2.10. The molecule has 4 heteroatoms. The van der Waals surface area contributed by atoms with Crippen LogP contribution in [-0.4, -0.2) is 26.9 Å². The quantitative estimate of drug-likeness (QED) is 0.786. The summed E-state index contributed by atoms with van der Waals surface area (Å²) in [6.45, 7) is 3.21. The van der Waals surface area contributed by atoms with Gasteiger partial charge in [-0.2, -0.15) is 0 Å². The summed E-state index contributed by atoms with van der Waals surface area (Å²) < 4.78 is 29.3. The molecule has 0 N–H and O–H groups in total. The second-order valence-electron chi connectivity index (χ2n) is 3.77. The molecule has 1 aliphatic rings. The van der Waals surface area contributed by atoms with Gasteiger partial charge in [0.05, 0.1) is 19.8 Å². The van der Waals surface area contributed by atoms with E-state index in [4.69, 9.17) is 14.2 Å². The maximum Gasteiger partial charge on any atom is 0.165 e. The highest BCUT2D eigenvalue weighted by molar-refractivity contribution is 5.34. The Hall–Kier alpha value is -1.13. The first-order valence-electron chi connectivity index (χ1n) is 5.27. The lowest BCUT2D eigenvalue weighted by Crippen LogP contribution is -2.48. The van der Waals surface area contributed by atoms with Gasteiger partial charge in [0.2, 0.25) is 0 Å². The Morgan fingerprint density at radius 1 is 1.44 bits per heavy atom. The van der Waals surface area contributed by atoms with E-state index >= 15 is 0 Å². The number of methoxy groups -OCH3 is 1. The molecular weight excluding hydrogens is 211 g/mol. The maximum atomic E-state index is 13.6. The van der Waals surface area contributed by atoms with Gasteiger partial charge in [0, 0.05) is 7.11 Å². The highest BCUT2D eigenvalue weighted by Crippen LogP contribution is 2.34. The van der Waals surface area contributed by atoms with Gasteiger partial charge in [0.1, 0.15) is 5.60 Å². The predicted molar refractivity (Wildman–Crippen MR) is 57.1 cm³/mol. The van der Waals surface area contributed by atoms with Crippen molar-refractivity contribution in [2.75, 3.05) is 26.9 Å². The molecule has 1 aromatic carbocycles. The van der Waals surface area contributed by atoms with Crippen molar-refractivity contribution >= 4 is 0 Å². The maximum absolute atomic E-state index is 13.6. The average Bonchev–Trinajstić information content (AvgIpc) is 2.21. The van der Waals surface area contributed by atoms with E-state index in [1.165, 1.54) is 6.07 Å². The molecule has 1 fully saturated rings. The molecule has 1 saturated heterocycles. The van der Waals surface area contributed by atoms with E-state index < -0.39 is 5.60 Å². The van der Waals surface area contributed by atoms with Crippen LogP contribution in [0.4, 0.5) is 4.39 Å². The molecule has 2 rings (SSSR count). The van der Waals surface area contributed by atoms with Crippen LogP contribution in [0, 0.1) is 5.82 Å².